The predicted octanol–water partition coefficient (Wildman–Crippen LogP) is 8.85. The summed E-state index contributed by atoms with van der Waals surface area (Å²) in [6, 6.07) is 0. The summed E-state index contributed by atoms with van der Waals surface area (Å²) in [5, 5.41) is 3.02. The number of carbonyl (C=O) groups is 1. The van der Waals surface area contributed by atoms with Gasteiger partial charge >= 0.3 is 0 Å². The van der Waals surface area contributed by atoms with E-state index in [1.54, 1.807) is 0 Å². The minimum Gasteiger partial charge on any atom is -0.320 e. The fourth-order valence-corrected chi connectivity index (χ4v) is 8.99. The molecule has 1 N–H and O–H groups in total. The van der Waals surface area contributed by atoms with Crippen LogP contribution in [0.3, 0.4) is 0 Å². The van der Waals surface area contributed by atoms with Gasteiger partial charge in [0.05, 0.1) is 0 Å². The summed E-state index contributed by atoms with van der Waals surface area (Å²) < 4.78 is 0. The number of hydrogen-bond acceptors (Lipinski definition) is 2. The number of rotatable bonds is 7. The van der Waals surface area contributed by atoms with E-state index in [0.717, 1.165) is 42.1 Å². The maximum Gasteiger partial charge on any atom is 0.106 e. The molecule has 2 heteroatoms. The van der Waals surface area contributed by atoms with Crippen molar-refractivity contribution in [3.8, 4) is 0 Å². The van der Waals surface area contributed by atoms with Crippen molar-refractivity contribution in [3.63, 3.8) is 0 Å². The van der Waals surface area contributed by atoms with E-state index in [-0.39, 0.29) is 0 Å². The number of unbranched alkanes of at least 4 members (excludes halogenated alkanes) is 2. The van der Waals surface area contributed by atoms with Crippen LogP contribution in [0.4, 0.5) is 0 Å². The van der Waals surface area contributed by atoms with E-state index < -0.39 is 0 Å². The molecule has 2 nitrogen and oxygen atoms in total. The molecule has 0 aromatic carbocycles. The normalized spacial score (nSPS) is 39.1. The third kappa shape index (κ3) is 6.19. The summed E-state index contributed by atoms with van der Waals surface area (Å²) in [6.07, 6.45) is 21.6. The SMILES string of the molecule is C=O.CCCCCC(C)C1CCC2C3CC=C4CC(C)CCC4(C)C3CCC12C.CCCNC. The molecule has 0 spiro atoms. The van der Waals surface area contributed by atoms with Crippen molar-refractivity contribution < 1.29 is 4.79 Å². The first-order valence-electron chi connectivity index (χ1n) is 14.9. The van der Waals surface area contributed by atoms with Crippen LogP contribution >= 0.6 is 0 Å². The summed E-state index contributed by atoms with van der Waals surface area (Å²) in [5.74, 6) is 5.89. The average molecular weight is 474 g/mol. The van der Waals surface area contributed by atoms with Gasteiger partial charge in [-0.05, 0) is 118 Å². The quantitative estimate of drug-likeness (QED) is 0.295. The van der Waals surface area contributed by atoms with Gasteiger partial charge < -0.3 is 10.1 Å². The molecule has 0 aliphatic heterocycles. The molecule has 3 fully saturated rings. The van der Waals surface area contributed by atoms with E-state index in [0.29, 0.717) is 10.8 Å². The van der Waals surface area contributed by atoms with Crippen LogP contribution in [-0.2, 0) is 4.79 Å². The molecule has 34 heavy (non-hydrogen) atoms. The molecule has 4 aliphatic rings. The van der Waals surface area contributed by atoms with Crippen molar-refractivity contribution in [2.75, 3.05) is 13.6 Å². The number of carbonyl (C=O) groups excluding carboxylic acids is 1. The molecule has 0 amide bonds. The lowest BCUT2D eigenvalue weighted by Gasteiger charge is -2.58. The third-order valence-corrected chi connectivity index (χ3v) is 10.9. The number of nitrogens with one attached hydrogen (secondary N) is 1. The van der Waals surface area contributed by atoms with E-state index in [1.807, 2.05) is 19.4 Å². The Bertz CT molecular complexity index is 627. The van der Waals surface area contributed by atoms with Crippen molar-refractivity contribution in [1.29, 1.82) is 0 Å². The summed E-state index contributed by atoms with van der Waals surface area (Å²) in [4.78, 5) is 8.00. The van der Waals surface area contributed by atoms with E-state index in [1.165, 1.54) is 83.5 Å². The number of allylic oxidation sites excluding steroid dienone is 2. The van der Waals surface area contributed by atoms with Crippen LogP contribution in [0.5, 0.6) is 0 Å². The minimum atomic E-state index is 0.557. The lowest BCUT2D eigenvalue weighted by molar-refractivity contribution is -0.0980. The molecule has 0 heterocycles. The van der Waals surface area contributed by atoms with Gasteiger partial charge in [-0.1, -0.05) is 78.9 Å². The Balaban J connectivity index is 0.000000520. The standard InChI is InChI=1S/C27H46.C4H11N.CH2O/c1-6-7-8-9-20(3)23-12-13-24-22-11-10-21-18-19(2)14-16-26(21,4)25(22)15-17-27(23,24)5;1-3-4-5-2;1-2/h10,19-20,22-25H,6-9,11-18H2,1-5H3;5H,3-4H2,1-2H3;1H2. The third-order valence-electron chi connectivity index (χ3n) is 10.9. The highest BCUT2D eigenvalue weighted by Gasteiger charge is 2.58. The lowest BCUT2D eigenvalue weighted by Crippen LogP contribution is -2.50. The second-order valence-electron chi connectivity index (χ2n) is 12.9. The van der Waals surface area contributed by atoms with Gasteiger partial charge in [-0.25, -0.2) is 0 Å². The predicted molar refractivity (Wildman–Crippen MR) is 149 cm³/mol. The molecule has 8 unspecified atom stereocenters. The second kappa shape index (κ2) is 13.6. The zero-order chi connectivity index (χ0) is 25.4. The summed E-state index contributed by atoms with van der Waals surface area (Å²) >= 11 is 0. The Labute approximate surface area is 213 Å². The Morgan fingerprint density at radius 1 is 1.03 bits per heavy atom. The highest BCUT2D eigenvalue weighted by atomic mass is 16.1. The van der Waals surface area contributed by atoms with Gasteiger partial charge in [0, 0.05) is 0 Å². The highest BCUT2D eigenvalue weighted by Crippen LogP contribution is 2.67. The molecule has 0 bridgehead atoms. The fraction of sp³-hybridized carbons (Fsp3) is 0.906. The van der Waals surface area contributed by atoms with E-state index in [4.69, 9.17) is 4.79 Å². The fourth-order valence-electron chi connectivity index (χ4n) is 8.99. The van der Waals surface area contributed by atoms with Gasteiger partial charge in [0.1, 0.15) is 6.79 Å². The Hall–Kier alpha value is -0.630. The Morgan fingerprint density at radius 3 is 2.38 bits per heavy atom. The van der Waals surface area contributed by atoms with Crippen LogP contribution in [-0.4, -0.2) is 20.4 Å². The molecule has 4 aliphatic carbocycles. The van der Waals surface area contributed by atoms with Gasteiger partial charge in [0.25, 0.3) is 0 Å². The molecule has 0 aromatic rings. The Morgan fingerprint density at radius 2 is 1.76 bits per heavy atom. The van der Waals surface area contributed by atoms with Crippen molar-refractivity contribution in [2.45, 2.75) is 125 Å². The summed E-state index contributed by atoms with van der Waals surface area (Å²) in [7, 11) is 1.96. The van der Waals surface area contributed by atoms with Gasteiger partial charge in [-0.3, -0.25) is 0 Å². The first kappa shape index (κ1) is 29.6. The molecular formula is C32H59NO. The smallest absolute Gasteiger partial charge is 0.106 e. The number of fused-ring (bicyclic) bond motifs is 5. The minimum absolute atomic E-state index is 0.557. The van der Waals surface area contributed by atoms with Crippen molar-refractivity contribution in [1.82, 2.24) is 5.32 Å². The second-order valence-corrected chi connectivity index (χ2v) is 12.9. The molecule has 0 aromatic heterocycles. The van der Waals surface area contributed by atoms with Crippen LogP contribution < -0.4 is 5.32 Å². The van der Waals surface area contributed by atoms with E-state index in [2.05, 4.69) is 52.9 Å². The molecule has 0 saturated heterocycles. The van der Waals surface area contributed by atoms with E-state index in [9.17, 15) is 0 Å². The first-order valence-corrected chi connectivity index (χ1v) is 14.9. The Kier molecular flexibility index (Phi) is 11.9. The van der Waals surface area contributed by atoms with Gasteiger partial charge in [0.2, 0.25) is 0 Å². The largest absolute Gasteiger partial charge is 0.320 e. The average Bonchev–Trinajstić information content (AvgIpc) is 3.19. The van der Waals surface area contributed by atoms with Crippen molar-refractivity contribution >= 4 is 6.79 Å². The number of hydrogen-bond donors (Lipinski definition) is 1. The molecule has 0 radical (unpaired) electrons. The molecule has 8 atom stereocenters. The van der Waals surface area contributed by atoms with Crippen molar-refractivity contribution in [2.24, 2.45) is 46.3 Å². The molecule has 3 saturated carbocycles. The van der Waals surface area contributed by atoms with Crippen molar-refractivity contribution in [3.05, 3.63) is 11.6 Å². The summed E-state index contributed by atoms with van der Waals surface area (Å²) in [5.41, 5.74) is 3.08. The highest BCUT2D eigenvalue weighted by molar-refractivity contribution is 5.25. The molecular weight excluding hydrogens is 414 g/mol. The van der Waals surface area contributed by atoms with E-state index >= 15 is 0 Å². The van der Waals surface area contributed by atoms with Crippen LogP contribution in [0.2, 0.25) is 0 Å². The van der Waals surface area contributed by atoms with Crippen LogP contribution in [0, 0.1) is 46.3 Å². The van der Waals surface area contributed by atoms with Crippen LogP contribution in [0.1, 0.15) is 125 Å². The topological polar surface area (TPSA) is 29.1 Å². The maximum atomic E-state index is 8.00. The molecule has 4 rings (SSSR count). The molecule has 198 valence electrons. The van der Waals surface area contributed by atoms with Crippen LogP contribution in [0.15, 0.2) is 11.6 Å². The van der Waals surface area contributed by atoms with Crippen LogP contribution in [0.25, 0.3) is 0 Å². The first-order chi connectivity index (χ1) is 16.3. The maximum absolute atomic E-state index is 8.00. The zero-order valence-corrected chi connectivity index (χ0v) is 24.1. The monoisotopic (exact) mass is 473 g/mol. The van der Waals surface area contributed by atoms with Gasteiger partial charge in [-0.15, -0.1) is 0 Å². The summed E-state index contributed by atoms with van der Waals surface area (Å²) in [6.45, 7) is 18.1. The lowest BCUT2D eigenvalue weighted by atomic mass is 9.46. The zero-order valence-electron chi connectivity index (χ0n) is 24.1. The van der Waals surface area contributed by atoms with Gasteiger partial charge in [-0.2, -0.15) is 0 Å². The van der Waals surface area contributed by atoms with Gasteiger partial charge in [0.15, 0.2) is 0 Å².